The monoisotopic (exact) mass is 319 g/mol. The van der Waals surface area contributed by atoms with Crippen LogP contribution in [0.4, 0.5) is 0 Å². The van der Waals surface area contributed by atoms with Crippen LogP contribution >= 0.6 is 0 Å². The van der Waals surface area contributed by atoms with Crippen LogP contribution in [-0.4, -0.2) is 44.6 Å². The predicted molar refractivity (Wildman–Crippen MR) is 83.0 cm³/mol. The first-order chi connectivity index (χ1) is 10.6. The fourth-order valence-corrected chi connectivity index (χ4v) is 2.20. The van der Waals surface area contributed by atoms with E-state index in [-0.39, 0.29) is 5.82 Å². The van der Waals surface area contributed by atoms with Crippen molar-refractivity contribution in [3.63, 3.8) is 0 Å². The van der Waals surface area contributed by atoms with E-state index in [4.69, 9.17) is 4.74 Å². The van der Waals surface area contributed by atoms with E-state index in [2.05, 4.69) is 20.4 Å². The molecule has 0 radical (unpaired) electrons. The number of aryl methyl sites for hydroxylation is 2. The number of methoxy groups -OCH3 is 1. The minimum Gasteiger partial charge on any atom is -0.467 e. The Morgan fingerprint density at radius 1 is 1.26 bits per heavy atom. The van der Waals surface area contributed by atoms with Crippen molar-refractivity contribution in [1.29, 1.82) is 0 Å². The van der Waals surface area contributed by atoms with Crippen LogP contribution in [0, 0.1) is 19.3 Å². The second-order valence-electron chi connectivity index (χ2n) is 6.48. The average molecular weight is 319 g/mol. The molecule has 8 heteroatoms. The Hall–Kier alpha value is -2.51. The highest BCUT2D eigenvalue weighted by molar-refractivity contribution is 5.94. The van der Waals surface area contributed by atoms with Gasteiger partial charge in [0.2, 0.25) is 5.82 Å². The highest BCUT2D eigenvalue weighted by Gasteiger charge is 2.34. The molecule has 2 heterocycles. The van der Waals surface area contributed by atoms with E-state index in [1.807, 2.05) is 40.7 Å². The van der Waals surface area contributed by atoms with Gasteiger partial charge in [-0.2, -0.15) is 4.98 Å². The Morgan fingerprint density at radius 3 is 2.48 bits per heavy atom. The maximum absolute atomic E-state index is 12.4. The summed E-state index contributed by atoms with van der Waals surface area (Å²) in [5.74, 6) is -0.750. The summed E-state index contributed by atoms with van der Waals surface area (Å²) >= 11 is 0. The summed E-state index contributed by atoms with van der Waals surface area (Å²) in [6, 6.07) is 1.04. The molecule has 0 bridgehead atoms. The fourth-order valence-electron chi connectivity index (χ4n) is 2.20. The van der Waals surface area contributed by atoms with Gasteiger partial charge >= 0.3 is 5.97 Å². The molecule has 2 aromatic rings. The molecule has 2 rings (SSSR count). The van der Waals surface area contributed by atoms with E-state index >= 15 is 0 Å². The van der Waals surface area contributed by atoms with Crippen LogP contribution in [0.25, 0.3) is 5.78 Å². The van der Waals surface area contributed by atoms with E-state index in [0.717, 1.165) is 11.4 Å². The molecule has 1 atom stereocenters. The topological polar surface area (TPSA) is 98.5 Å². The van der Waals surface area contributed by atoms with Gasteiger partial charge in [-0.1, -0.05) is 20.8 Å². The summed E-state index contributed by atoms with van der Waals surface area (Å²) in [6.07, 6.45) is 0. The number of esters is 1. The van der Waals surface area contributed by atoms with Gasteiger partial charge in [0.05, 0.1) is 7.11 Å². The molecule has 0 aliphatic heterocycles. The van der Waals surface area contributed by atoms with Gasteiger partial charge < -0.3 is 10.1 Å². The maximum atomic E-state index is 12.4. The predicted octanol–water partition coefficient (Wildman–Crippen LogP) is 1.06. The van der Waals surface area contributed by atoms with E-state index < -0.39 is 23.3 Å². The molecule has 0 spiro atoms. The van der Waals surface area contributed by atoms with Crippen LogP contribution in [0.1, 0.15) is 42.8 Å². The van der Waals surface area contributed by atoms with Gasteiger partial charge in [-0.15, -0.1) is 5.10 Å². The zero-order valence-electron chi connectivity index (χ0n) is 14.2. The lowest BCUT2D eigenvalue weighted by Crippen LogP contribution is -2.49. The third-order valence-corrected chi connectivity index (χ3v) is 3.40. The molecule has 2 aromatic heterocycles. The average Bonchev–Trinajstić information content (AvgIpc) is 2.86. The van der Waals surface area contributed by atoms with Gasteiger partial charge in [0, 0.05) is 11.4 Å². The van der Waals surface area contributed by atoms with E-state index in [0.29, 0.717) is 5.78 Å². The zero-order valence-corrected chi connectivity index (χ0v) is 14.2. The lowest BCUT2D eigenvalue weighted by atomic mass is 9.86. The van der Waals surface area contributed by atoms with Gasteiger partial charge in [0.15, 0.2) is 0 Å². The molecule has 1 amide bonds. The van der Waals surface area contributed by atoms with E-state index in [9.17, 15) is 9.59 Å². The number of fused-ring (bicyclic) bond motifs is 1. The molecule has 0 saturated heterocycles. The van der Waals surface area contributed by atoms with Crippen molar-refractivity contribution in [3.05, 3.63) is 23.3 Å². The van der Waals surface area contributed by atoms with Gasteiger partial charge in [-0.3, -0.25) is 4.79 Å². The van der Waals surface area contributed by atoms with E-state index in [1.54, 1.807) is 0 Å². The SMILES string of the molecule is COC(=O)[C@@H](NC(=O)c1nc2nc(C)cc(C)n2n1)C(C)(C)C. The first-order valence-corrected chi connectivity index (χ1v) is 7.23. The summed E-state index contributed by atoms with van der Waals surface area (Å²) in [5, 5.41) is 6.79. The third kappa shape index (κ3) is 3.46. The second-order valence-corrected chi connectivity index (χ2v) is 6.48. The summed E-state index contributed by atoms with van der Waals surface area (Å²) in [6.45, 7) is 9.20. The van der Waals surface area contributed by atoms with E-state index in [1.165, 1.54) is 11.6 Å². The van der Waals surface area contributed by atoms with Crippen molar-refractivity contribution in [2.24, 2.45) is 5.41 Å². The molecule has 0 unspecified atom stereocenters. The summed E-state index contributed by atoms with van der Waals surface area (Å²) in [4.78, 5) is 32.7. The van der Waals surface area contributed by atoms with Gasteiger partial charge in [-0.25, -0.2) is 14.3 Å². The van der Waals surface area contributed by atoms with Gasteiger partial charge in [0.1, 0.15) is 6.04 Å². The van der Waals surface area contributed by atoms with Crippen molar-refractivity contribution in [2.45, 2.75) is 40.7 Å². The van der Waals surface area contributed by atoms with Crippen LogP contribution in [-0.2, 0) is 9.53 Å². The van der Waals surface area contributed by atoms with Crippen molar-refractivity contribution < 1.29 is 14.3 Å². The molecule has 1 N–H and O–H groups in total. The molecule has 0 aliphatic rings. The maximum Gasteiger partial charge on any atom is 0.328 e. The number of amides is 1. The number of carbonyl (C=O) groups excluding carboxylic acids is 2. The smallest absolute Gasteiger partial charge is 0.328 e. The Balaban J connectivity index is 2.33. The minimum atomic E-state index is -0.803. The summed E-state index contributed by atoms with van der Waals surface area (Å²) in [7, 11) is 1.28. The Labute approximate surface area is 134 Å². The van der Waals surface area contributed by atoms with Crippen LogP contribution in [0.15, 0.2) is 6.07 Å². The van der Waals surface area contributed by atoms with Crippen molar-refractivity contribution in [2.75, 3.05) is 7.11 Å². The molecule has 23 heavy (non-hydrogen) atoms. The normalized spacial score (nSPS) is 13.0. The molecule has 0 aliphatic carbocycles. The lowest BCUT2D eigenvalue weighted by molar-refractivity contribution is -0.145. The molecule has 8 nitrogen and oxygen atoms in total. The molecule has 0 fully saturated rings. The number of rotatable bonds is 3. The largest absolute Gasteiger partial charge is 0.467 e. The lowest BCUT2D eigenvalue weighted by Gasteiger charge is -2.28. The second kappa shape index (κ2) is 5.94. The Morgan fingerprint density at radius 2 is 1.91 bits per heavy atom. The summed E-state index contributed by atoms with van der Waals surface area (Å²) < 4.78 is 6.25. The highest BCUT2D eigenvalue weighted by atomic mass is 16.5. The first kappa shape index (κ1) is 16.9. The highest BCUT2D eigenvalue weighted by Crippen LogP contribution is 2.20. The third-order valence-electron chi connectivity index (χ3n) is 3.40. The van der Waals surface area contributed by atoms with Crippen molar-refractivity contribution >= 4 is 17.7 Å². The molecular formula is C15H21N5O3. The van der Waals surface area contributed by atoms with Crippen LogP contribution < -0.4 is 5.32 Å². The van der Waals surface area contributed by atoms with Gasteiger partial charge in [-0.05, 0) is 25.3 Å². The zero-order chi connectivity index (χ0) is 17.4. The van der Waals surface area contributed by atoms with Crippen molar-refractivity contribution in [3.8, 4) is 0 Å². The van der Waals surface area contributed by atoms with Crippen LogP contribution in [0.2, 0.25) is 0 Å². The number of ether oxygens (including phenoxy) is 1. The number of hydrogen-bond donors (Lipinski definition) is 1. The quantitative estimate of drug-likeness (QED) is 0.849. The van der Waals surface area contributed by atoms with Crippen molar-refractivity contribution in [1.82, 2.24) is 24.9 Å². The number of aromatic nitrogens is 4. The van der Waals surface area contributed by atoms with Gasteiger partial charge in [0.25, 0.3) is 11.7 Å². The number of nitrogens with one attached hydrogen (secondary N) is 1. The number of nitrogens with zero attached hydrogens (tertiary/aromatic N) is 4. The minimum absolute atomic E-state index is 0.0376. The summed E-state index contributed by atoms with van der Waals surface area (Å²) in [5.41, 5.74) is 1.10. The molecular weight excluding hydrogens is 298 g/mol. The molecule has 0 saturated carbocycles. The van der Waals surface area contributed by atoms with Crippen LogP contribution in [0.3, 0.4) is 0 Å². The fraction of sp³-hybridized carbons (Fsp3) is 0.533. The first-order valence-electron chi connectivity index (χ1n) is 7.23. The Kier molecular flexibility index (Phi) is 4.35. The Bertz CT molecular complexity index is 760. The van der Waals surface area contributed by atoms with Crippen LogP contribution in [0.5, 0.6) is 0 Å². The number of hydrogen-bond acceptors (Lipinski definition) is 6. The standard InChI is InChI=1S/C15H21N5O3/c1-8-7-9(2)20-14(16-8)18-11(19-20)12(21)17-10(13(22)23-6)15(3,4)5/h7,10H,1-6H3,(H,17,21)/t10-/m1/s1. The molecule has 0 aromatic carbocycles. The number of carbonyl (C=O) groups is 2. The molecule has 124 valence electrons.